The molecule has 6 nitrogen and oxygen atoms in total. The van der Waals surface area contributed by atoms with Crippen LogP contribution in [0.1, 0.15) is 226 Å². The van der Waals surface area contributed by atoms with Crippen LogP contribution < -0.4 is 28.7 Å². The highest BCUT2D eigenvalue weighted by Gasteiger charge is 2.20. The van der Waals surface area contributed by atoms with Crippen LogP contribution in [0.2, 0.25) is 0 Å². The van der Waals surface area contributed by atoms with Gasteiger partial charge in [-0.2, -0.15) is 0 Å². The predicted molar refractivity (Wildman–Crippen MR) is 499 cm³/mol. The van der Waals surface area contributed by atoms with Gasteiger partial charge in [-0.3, -0.25) is 0 Å². The molecule has 0 aliphatic rings. The van der Waals surface area contributed by atoms with Crippen molar-refractivity contribution in [2.24, 2.45) is 0 Å². The average molecular weight is 1640 g/mol. The number of nitrogens with zero attached hydrogens (tertiary/aromatic N) is 2. The van der Waals surface area contributed by atoms with Gasteiger partial charge in [0.05, 0.1) is 26.4 Å². The molecule has 0 radical (unpaired) electrons. The van der Waals surface area contributed by atoms with Gasteiger partial charge in [0.1, 0.15) is 23.0 Å². The second kappa shape index (κ2) is 47.7. The molecule has 0 bridgehead atoms. The number of rotatable bonds is 48. The van der Waals surface area contributed by atoms with E-state index in [0.717, 1.165) is 184 Å². The van der Waals surface area contributed by atoms with Crippen LogP contribution in [0.15, 0.2) is 264 Å². The van der Waals surface area contributed by atoms with Crippen molar-refractivity contribution >= 4 is 115 Å². The van der Waals surface area contributed by atoms with Crippen molar-refractivity contribution in [1.29, 1.82) is 0 Å². The number of anilines is 6. The van der Waals surface area contributed by atoms with Crippen LogP contribution in [0.3, 0.4) is 0 Å². The molecule has 0 amide bonds. The maximum atomic E-state index is 7.05. The third-order valence-corrected chi connectivity index (χ3v) is 22.1. The minimum atomic E-state index is 0.610. The van der Waals surface area contributed by atoms with Crippen LogP contribution in [0.4, 0.5) is 34.1 Å². The predicted octanol–water partition coefficient (Wildman–Crippen LogP) is 33.1. The summed E-state index contributed by atoms with van der Waals surface area (Å²) < 4.78 is 30.1. The molecule has 11 aromatic rings. The zero-order chi connectivity index (χ0) is 79.0. The largest absolute Gasteiger partial charge is 0.493 e. The van der Waals surface area contributed by atoms with Crippen molar-refractivity contribution in [3.8, 4) is 45.3 Å². The van der Waals surface area contributed by atoms with E-state index in [-0.39, 0.29) is 0 Å². The van der Waals surface area contributed by atoms with Gasteiger partial charge in [0.15, 0.2) is 0 Å². The van der Waals surface area contributed by atoms with E-state index in [0.29, 0.717) is 26.4 Å². The Labute approximate surface area is 700 Å². The molecule has 0 unspecified atom stereocenters. The van der Waals surface area contributed by atoms with E-state index in [2.05, 4.69) is 373 Å². The molecule has 0 aliphatic carbocycles. The van der Waals surface area contributed by atoms with Gasteiger partial charge in [0.2, 0.25) is 0 Å². The molecule has 11 rings (SSSR count). The topological polar surface area (TPSA) is 43.4 Å². The number of para-hydroxylation sites is 4. The third-order valence-electron chi connectivity index (χ3n) is 21.0. The molecule has 0 atom stereocenters. The molecule has 0 spiro atoms. The van der Waals surface area contributed by atoms with Gasteiger partial charge < -0.3 is 28.7 Å². The van der Waals surface area contributed by atoms with Gasteiger partial charge in [0, 0.05) is 65.3 Å². The molecule has 8 heteroatoms. The molecular weight excluding hydrogens is 1520 g/mol. The molecule has 0 aromatic heterocycles. The number of hydrogen-bond donors (Lipinski definition) is 0. The number of unbranched alkanes of at least 4 members (excludes halogenated alkanes) is 20. The zero-order valence-electron chi connectivity index (χ0n) is 67.9. The molecule has 0 fully saturated rings. The van der Waals surface area contributed by atoms with E-state index in [4.69, 9.17) is 18.9 Å². The van der Waals surface area contributed by atoms with Gasteiger partial charge in [-0.05, 0) is 204 Å². The molecule has 0 saturated carbocycles. The van der Waals surface area contributed by atoms with Gasteiger partial charge in [0.25, 0.3) is 0 Å². The molecule has 0 N–H and O–H groups in total. The second-order valence-electron chi connectivity index (χ2n) is 29.9. The Morgan fingerprint density at radius 3 is 0.719 bits per heavy atom. The Hall–Kier alpha value is -9.86. The third kappa shape index (κ3) is 26.6. The zero-order valence-corrected chi connectivity index (χ0v) is 71.1. The summed E-state index contributed by atoms with van der Waals surface area (Å²) in [6.45, 7) is 11.6. The summed E-state index contributed by atoms with van der Waals surface area (Å²) in [4.78, 5) is 4.66. The quantitative estimate of drug-likeness (QED) is 0.0280. The lowest BCUT2D eigenvalue weighted by atomic mass is 9.89. The number of hydrogen-bond acceptors (Lipinski definition) is 6. The summed E-state index contributed by atoms with van der Waals surface area (Å²) >= 11 is 7.33. The van der Waals surface area contributed by atoms with Crippen molar-refractivity contribution in [2.75, 3.05) is 36.2 Å². The lowest BCUT2D eigenvalue weighted by Gasteiger charge is -2.26. The maximum absolute atomic E-state index is 7.05. The summed E-state index contributed by atoms with van der Waals surface area (Å²) in [5.41, 5.74) is 18.9. The second-order valence-corrected chi connectivity index (χ2v) is 31.7. The van der Waals surface area contributed by atoms with Crippen LogP contribution in [0, 0.1) is 0 Å². The van der Waals surface area contributed by atoms with E-state index in [1.165, 1.54) is 103 Å². The fourth-order valence-corrected chi connectivity index (χ4v) is 15.1. The Morgan fingerprint density at radius 1 is 0.228 bits per heavy atom. The number of benzene rings is 11. The van der Waals surface area contributed by atoms with Gasteiger partial charge in [-0.25, -0.2) is 0 Å². The summed E-state index contributed by atoms with van der Waals surface area (Å²) in [6.07, 6.45) is 46.0. The van der Waals surface area contributed by atoms with E-state index in [1.807, 2.05) is 0 Å². The fraction of sp³-hybridized carbons (Fsp3) is 0.302. The Bertz CT molecular complexity index is 4350. The monoisotopic (exact) mass is 1640 g/mol. The molecule has 114 heavy (non-hydrogen) atoms. The molecule has 0 heterocycles. The first-order valence-corrected chi connectivity index (χ1v) is 44.1. The molecule has 590 valence electrons. The highest BCUT2D eigenvalue weighted by molar-refractivity contribution is 9.10. The summed E-state index contributed by atoms with van der Waals surface area (Å²) in [6, 6.07) is 91.6. The number of halogens is 2. The molecule has 0 aliphatic heterocycles. The normalized spacial score (nSPS) is 11.6. The first-order chi connectivity index (χ1) is 56.2. The van der Waals surface area contributed by atoms with Crippen molar-refractivity contribution in [3.63, 3.8) is 0 Å². The maximum Gasteiger partial charge on any atom is 0.127 e. The minimum Gasteiger partial charge on any atom is -0.493 e. The van der Waals surface area contributed by atoms with Crippen LogP contribution in [0.25, 0.3) is 70.9 Å². The Balaban J connectivity index is 1.11. The number of ether oxygens (including phenoxy) is 4. The van der Waals surface area contributed by atoms with E-state index >= 15 is 0 Å². The summed E-state index contributed by atoms with van der Waals surface area (Å²) in [7, 11) is 0. The van der Waals surface area contributed by atoms with Crippen molar-refractivity contribution in [2.45, 2.75) is 182 Å². The van der Waals surface area contributed by atoms with Crippen molar-refractivity contribution in [1.82, 2.24) is 0 Å². The Morgan fingerprint density at radius 2 is 0.456 bits per heavy atom. The van der Waals surface area contributed by atoms with Crippen LogP contribution >= 0.6 is 31.9 Å². The first kappa shape index (κ1) is 85.0. The average Bonchev–Trinajstić information content (AvgIpc) is 0.771. The van der Waals surface area contributed by atoms with Crippen molar-refractivity contribution in [3.05, 3.63) is 308 Å². The van der Waals surface area contributed by atoms with E-state index in [1.54, 1.807) is 0 Å². The fourth-order valence-electron chi connectivity index (χ4n) is 14.5. The summed E-state index contributed by atoms with van der Waals surface area (Å²) in [5, 5.41) is 0. The summed E-state index contributed by atoms with van der Waals surface area (Å²) in [5.74, 6) is 3.32. The Kier molecular flexibility index (Phi) is 35.6. The van der Waals surface area contributed by atoms with Gasteiger partial charge >= 0.3 is 0 Å². The minimum absolute atomic E-state index is 0.610. The lowest BCUT2D eigenvalue weighted by molar-refractivity contribution is 0.295. The van der Waals surface area contributed by atoms with Gasteiger partial charge in [-0.1, -0.05) is 358 Å². The molecule has 11 aromatic carbocycles. The van der Waals surface area contributed by atoms with Crippen LogP contribution in [-0.2, 0) is 0 Å². The molecule has 0 saturated heterocycles. The molecular formula is C106H118Br2N2O4. The van der Waals surface area contributed by atoms with Crippen molar-refractivity contribution < 1.29 is 18.9 Å². The van der Waals surface area contributed by atoms with Gasteiger partial charge in [-0.15, -0.1) is 0 Å². The standard InChI is InChI=1S/C106H118Br2N2O4/c1-5-9-13-17-21-37-73-111-103-81-91(105(113-75-39-23-19-15-11-7-3)79-89(103)55-49-83-51-65-93(107)66-52-83)59-57-87-77-102(86-63-71-100(72-64-86)110(97-45-33-27-34-46-97)98-47-35-28-36-48-98)88(78-101(87)85-61-69-99(70-62-85)109(95-41-29-25-30-42-95)96-43-31-26-32-44-96)58-60-92-82-104(112-74-38-22-18-14-10-6-2)90(56-50-84-53-67-94(108)68-54-84)80-106(92)114-76-40-24-20-16-12-8-4/h25-36,41-72,77-82H,5-24,37-40,73-76H2,1-4H3/b55-49+,56-50+,59-57+,60-58+. The highest BCUT2D eigenvalue weighted by Crippen LogP contribution is 2.43. The smallest absolute Gasteiger partial charge is 0.127 e. The van der Waals surface area contributed by atoms with E-state index in [9.17, 15) is 0 Å². The highest BCUT2D eigenvalue weighted by atomic mass is 79.9. The lowest BCUT2D eigenvalue weighted by Crippen LogP contribution is -2.09. The first-order valence-electron chi connectivity index (χ1n) is 42.6. The van der Waals surface area contributed by atoms with Crippen LogP contribution in [-0.4, -0.2) is 26.4 Å². The van der Waals surface area contributed by atoms with E-state index < -0.39 is 0 Å². The SMILES string of the molecule is CCCCCCCCOc1cc(/C=C/c2cc(-c3ccc(N(c4ccccc4)c4ccccc4)cc3)c(/C=C/c3cc(OCCCCCCCC)c(/C=C/c4ccc(Br)cc4)cc3OCCCCCCCC)cc2-c2ccc(N(c3ccccc3)c3ccccc3)cc2)c(OCCCCCCCC)cc1/C=C/c1ccc(Br)cc1. The van der Waals surface area contributed by atoms with Crippen LogP contribution in [0.5, 0.6) is 23.0 Å².